The van der Waals surface area contributed by atoms with Crippen LogP contribution in [0.2, 0.25) is 0 Å². The molecule has 2 saturated heterocycles. The first kappa shape index (κ1) is 17.6. The molecule has 4 heterocycles. The van der Waals surface area contributed by atoms with Gasteiger partial charge in [0.2, 0.25) is 0 Å². The lowest BCUT2D eigenvalue weighted by Gasteiger charge is -2.26. The van der Waals surface area contributed by atoms with Crippen molar-refractivity contribution in [2.45, 2.75) is 42.9 Å². The molecule has 8 heteroatoms. The molecule has 0 amide bonds. The van der Waals surface area contributed by atoms with Gasteiger partial charge in [-0.1, -0.05) is 30.3 Å². The summed E-state index contributed by atoms with van der Waals surface area (Å²) in [5.41, 5.74) is 6.88. The molecule has 0 radical (unpaired) electrons. The van der Waals surface area contributed by atoms with Crippen LogP contribution in [0.5, 0.6) is 0 Å². The first-order chi connectivity index (χ1) is 13.6. The number of nitrogens with one attached hydrogen (secondary N) is 1. The predicted octanol–water partition coefficient (Wildman–Crippen LogP) is 0.607. The van der Waals surface area contributed by atoms with Gasteiger partial charge in [0.05, 0.1) is 5.39 Å². The van der Waals surface area contributed by atoms with Gasteiger partial charge in [0.1, 0.15) is 35.6 Å². The van der Waals surface area contributed by atoms with Crippen LogP contribution in [-0.4, -0.2) is 55.1 Å². The number of ether oxygens (including phenoxy) is 1. The summed E-state index contributed by atoms with van der Waals surface area (Å²) in [7, 11) is 0. The molecule has 5 rings (SSSR count). The Kier molecular flexibility index (Phi) is 4.09. The van der Waals surface area contributed by atoms with E-state index in [-0.39, 0.29) is 6.04 Å². The molecule has 2 fully saturated rings. The Balaban J connectivity index is 1.40. The van der Waals surface area contributed by atoms with E-state index in [1.54, 1.807) is 16.8 Å². The minimum atomic E-state index is -1.07. The van der Waals surface area contributed by atoms with Gasteiger partial charge < -0.3 is 30.6 Å². The molecule has 2 aromatic heterocycles. The maximum Gasteiger partial charge on any atom is 0.164 e. The van der Waals surface area contributed by atoms with Crippen molar-refractivity contribution < 1.29 is 14.9 Å². The average Bonchev–Trinajstić information content (AvgIpc) is 3.37. The topological polar surface area (TPSA) is 118 Å². The normalized spacial score (nSPS) is 32.5. The van der Waals surface area contributed by atoms with E-state index in [0.717, 1.165) is 6.42 Å². The molecular weight excluding hydrogens is 358 g/mol. The fourth-order valence-corrected chi connectivity index (χ4v) is 4.50. The van der Waals surface area contributed by atoms with Crippen LogP contribution in [0.1, 0.15) is 18.2 Å². The SMILES string of the molecule is Nc1ncnc2c1ccn2C1OC2(CNC(Cc3ccccc3)C2)C(O)C1O. The number of rotatable bonds is 3. The lowest BCUT2D eigenvalue weighted by Crippen LogP contribution is -2.44. The third kappa shape index (κ3) is 2.68. The highest BCUT2D eigenvalue weighted by molar-refractivity contribution is 5.86. The van der Waals surface area contributed by atoms with Gasteiger partial charge in [-0.25, -0.2) is 9.97 Å². The molecule has 28 heavy (non-hydrogen) atoms. The second-order valence-corrected chi connectivity index (χ2v) is 7.70. The van der Waals surface area contributed by atoms with Crippen molar-refractivity contribution in [2.24, 2.45) is 0 Å². The number of anilines is 1. The quantitative estimate of drug-likeness (QED) is 0.525. The number of nitrogen functional groups attached to an aromatic ring is 1. The molecule has 5 atom stereocenters. The Morgan fingerprint density at radius 3 is 2.86 bits per heavy atom. The zero-order valence-corrected chi connectivity index (χ0v) is 15.3. The average molecular weight is 381 g/mol. The van der Waals surface area contributed by atoms with Gasteiger partial charge >= 0.3 is 0 Å². The van der Waals surface area contributed by atoms with E-state index in [0.29, 0.717) is 29.8 Å². The second kappa shape index (κ2) is 6.52. The number of aliphatic hydroxyl groups is 2. The molecule has 5 N–H and O–H groups in total. The van der Waals surface area contributed by atoms with Crippen LogP contribution >= 0.6 is 0 Å². The fraction of sp³-hybridized carbons (Fsp3) is 0.400. The maximum absolute atomic E-state index is 10.8. The molecule has 1 spiro atoms. The van der Waals surface area contributed by atoms with Gasteiger partial charge in [-0.15, -0.1) is 0 Å². The number of hydrogen-bond acceptors (Lipinski definition) is 7. The molecule has 2 aliphatic rings. The van der Waals surface area contributed by atoms with Gasteiger partial charge in [0, 0.05) is 18.8 Å². The Hall–Kier alpha value is -2.52. The second-order valence-electron chi connectivity index (χ2n) is 7.70. The van der Waals surface area contributed by atoms with E-state index in [2.05, 4.69) is 27.4 Å². The Morgan fingerprint density at radius 2 is 2.04 bits per heavy atom. The van der Waals surface area contributed by atoms with Crippen LogP contribution in [0, 0.1) is 0 Å². The monoisotopic (exact) mass is 381 g/mol. The van der Waals surface area contributed by atoms with E-state index >= 15 is 0 Å². The van der Waals surface area contributed by atoms with Crippen molar-refractivity contribution in [2.75, 3.05) is 12.3 Å². The highest BCUT2D eigenvalue weighted by atomic mass is 16.6. The van der Waals surface area contributed by atoms with Crippen LogP contribution in [0.25, 0.3) is 11.0 Å². The van der Waals surface area contributed by atoms with Crippen molar-refractivity contribution in [1.82, 2.24) is 19.9 Å². The van der Waals surface area contributed by atoms with E-state index < -0.39 is 24.0 Å². The largest absolute Gasteiger partial charge is 0.387 e. The number of hydrogen-bond donors (Lipinski definition) is 4. The Morgan fingerprint density at radius 1 is 1.21 bits per heavy atom. The maximum atomic E-state index is 10.8. The zero-order valence-electron chi connectivity index (χ0n) is 15.3. The number of nitrogens with two attached hydrogens (primary N) is 1. The van der Waals surface area contributed by atoms with Crippen LogP contribution in [0.3, 0.4) is 0 Å². The number of fused-ring (bicyclic) bond motifs is 1. The van der Waals surface area contributed by atoms with Crippen LogP contribution in [-0.2, 0) is 11.2 Å². The summed E-state index contributed by atoms with van der Waals surface area (Å²) in [5, 5.41) is 25.7. The molecule has 8 nitrogen and oxygen atoms in total. The van der Waals surface area contributed by atoms with E-state index in [9.17, 15) is 10.2 Å². The minimum absolute atomic E-state index is 0.169. The summed E-state index contributed by atoms with van der Waals surface area (Å²) in [6, 6.07) is 12.2. The number of aliphatic hydroxyl groups excluding tert-OH is 2. The molecule has 3 aromatic rings. The molecule has 0 saturated carbocycles. The molecule has 0 bridgehead atoms. The van der Waals surface area contributed by atoms with Crippen molar-refractivity contribution in [1.29, 1.82) is 0 Å². The number of benzene rings is 1. The first-order valence-corrected chi connectivity index (χ1v) is 9.46. The summed E-state index contributed by atoms with van der Waals surface area (Å²) in [6.07, 6.45) is 1.81. The van der Waals surface area contributed by atoms with Crippen molar-refractivity contribution in [3.63, 3.8) is 0 Å². The summed E-state index contributed by atoms with van der Waals surface area (Å²) in [4.78, 5) is 8.27. The highest BCUT2D eigenvalue weighted by Crippen LogP contribution is 2.43. The third-order valence-corrected chi connectivity index (χ3v) is 5.93. The fourth-order valence-electron chi connectivity index (χ4n) is 4.50. The standard InChI is InChI=1S/C20H23N5O3/c21-17-14-6-7-25(18(14)24-11-23-17)19-15(26)16(27)20(28-19)9-13(22-10-20)8-12-4-2-1-3-5-12/h1-7,11,13,15-16,19,22,26-27H,8-10H2,(H2,21,23,24). The molecule has 0 aliphatic carbocycles. The smallest absolute Gasteiger partial charge is 0.164 e. The van der Waals surface area contributed by atoms with E-state index in [1.807, 2.05) is 18.2 Å². The summed E-state index contributed by atoms with van der Waals surface area (Å²) < 4.78 is 8.02. The third-order valence-electron chi connectivity index (χ3n) is 5.93. The molecule has 1 aromatic carbocycles. The number of nitrogens with zero attached hydrogens (tertiary/aromatic N) is 3. The first-order valence-electron chi connectivity index (χ1n) is 9.46. The minimum Gasteiger partial charge on any atom is -0.387 e. The van der Waals surface area contributed by atoms with E-state index in [4.69, 9.17) is 10.5 Å². The van der Waals surface area contributed by atoms with Gasteiger partial charge in [-0.2, -0.15) is 0 Å². The van der Waals surface area contributed by atoms with Crippen molar-refractivity contribution in [3.8, 4) is 0 Å². The van der Waals surface area contributed by atoms with Gasteiger partial charge in [0.15, 0.2) is 6.23 Å². The van der Waals surface area contributed by atoms with Gasteiger partial charge in [-0.3, -0.25) is 0 Å². The summed E-state index contributed by atoms with van der Waals surface area (Å²) in [5.74, 6) is 0.372. The van der Waals surface area contributed by atoms with Crippen LogP contribution in [0.15, 0.2) is 48.9 Å². The van der Waals surface area contributed by atoms with Crippen LogP contribution in [0.4, 0.5) is 5.82 Å². The Labute approximate surface area is 162 Å². The van der Waals surface area contributed by atoms with Crippen molar-refractivity contribution >= 4 is 16.9 Å². The predicted molar refractivity (Wildman–Crippen MR) is 103 cm³/mol. The Bertz CT molecular complexity index is 994. The number of aromatic nitrogens is 3. The van der Waals surface area contributed by atoms with Crippen LogP contribution < -0.4 is 11.1 Å². The summed E-state index contributed by atoms with van der Waals surface area (Å²) in [6.45, 7) is 0.482. The van der Waals surface area contributed by atoms with Gasteiger partial charge in [-0.05, 0) is 24.5 Å². The molecule has 2 aliphatic heterocycles. The van der Waals surface area contributed by atoms with Gasteiger partial charge in [0.25, 0.3) is 0 Å². The summed E-state index contributed by atoms with van der Waals surface area (Å²) >= 11 is 0. The zero-order chi connectivity index (χ0) is 19.3. The molecule has 5 unspecified atom stereocenters. The highest BCUT2D eigenvalue weighted by Gasteiger charge is 2.57. The van der Waals surface area contributed by atoms with Crippen molar-refractivity contribution in [3.05, 3.63) is 54.5 Å². The molecular formula is C20H23N5O3. The van der Waals surface area contributed by atoms with E-state index in [1.165, 1.54) is 11.9 Å². The lowest BCUT2D eigenvalue weighted by atomic mass is 9.90. The lowest BCUT2D eigenvalue weighted by molar-refractivity contribution is -0.0911. The molecule has 146 valence electrons.